The second kappa shape index (κ2) is 9.51. The molecule has 4 aromatic rings. The fraction of sp³-hybridized carbons (Fsp3) is 0.250. The van der Waals surface area contributed by atoms with Gasteiger partial charge in [-0.3, -0.25) is 14.6 Å². The third kappa shape index (κ3) is 4.31. The smallest absolute Gasteiger partial charge is 0.253 e. The van der Waals surface area contributed by atoms with Crippen LogP contribution >= 0.6 is 0 Å². The molecule has 1 fully saturated rings. The number of hydrogen-bond acceptors (Lipinski definition) is 3. The largest absolute Gasteiger partial charge is 0.349 e. The van der Waals surface area contributed by atoms with E-state index in [0.29, 0.717) is 18.7 Å². The van der Waals surface area contributed by atoms with Gasteiger partial charge in [0.1, 0.15) is 0 Å². The summed E-state index contributed by atoms with van der Waals surface area (Å²) in [7, 11) is 0. The van der Waals surface area contributed by atoms with Crippen molar-refractivity contribution in [3.8, 4) is 0 Å². The Kier molecular flexibility index (Phi) is 6.12. The second-order valence-corrected chi connectivity index (χ2v) is 8.69. The highest BCUT2D eigenvalue weighted by Gasteiger charge is 2.23. The summed E-state index contributed by atoms with van der Waals surface area (Å²) in [6, 6.07) is 18.4. The minimum absolute atomic E-state index is 0.00752. The van der Waals surface area contributed by atoms with E-state index in [4.69, 9.17) is 0 Å². The quantitative estimate of drug-likeness (QED) is 0.449. The summed E-state index contributed by atoms with van der Waals surface area (Å²) in [5, 5.41) is 5.49. The van der Waals surface area contributed by atoms with E-state index in [9.17, 15) is 9.59 Å². The van der Waals surface area contributed by atoms with Gasteiger partial charge in [0, 0.05) is 66.0 Å². The number of carbonyl (C=O) groups excluding carboxylic acids is 2. The minimum atomic E-state index is -0.113. The van der Waals surface area contributed by atoms with Crippen molar-refractivity contribution in [3.63, 3.8) is 0 Å². The normalized spacial score (nSPS) is 14.8. The van der Waals surface area contributed by atoms with Gasteiger partial charge in [0.2, 0.25) is 5.91 Å². The number of rotatable bonds is 5. The van der Waals surface area contributed by atoms with E-state index in [1.165, 1.54) is 21.8 Å². The number of nitrogens with zero attached hydrogens (tertiary/aromatic N) is 3. The van der Waals surface area contributed by atoms with Crippen LogP contribution in [0.3, 0.4) is 0 Å². The predicted octanol–water partition coefficient (Wildman–Crippen LogP) is 4.64. The number of likely N-dealkylation sites (tertiary alicyclic amines) is 1. The summed E-state index contributed by atoms with van der Waals surface area (Å²) in [5.41, 5.74) is 4.01. The molecule has 3 heterocycles. The summed E-state index contributed by atoms with van der Waals surface area (Å²) >= 11 is 0. The molecule has 0 radical (unpaired) electrons. The number of para-hydroxylation sites is 1. The molecule has 1 N–H and O–H groups in total. The number of hydrogen-bond donors (Lipinski definition) is 1. The van der Waals surface area contributed by atoms with Gasteiger partial charge < -0.3 is 14.8 Å². The highest BCUT2D eigenvalue weighted by molar-refractivity contribution is 6.08. The average Bonchev–Trinajstić information content (AvgIpc) is 3.21. The van der Waals surface area contributed by atoms with Gasteiger partial charge in [-0.15, -0.1) is 0 Å². The summed E-state index contributed by atoms with van der Waals surface area (Å²) in [4.78, 5) is 31.0. The number of aryl methyl sites for hydroxylation is 1. The molecule has 2 aromatic carbocycles. The maximum atomic E-state index is 12.8. The Labute approximate surface area is 198 Å². The molecule has 0 spiro atoms. The maximum Gasteiger partial charge on any atom is 0.253 e. The molecule has 6 nitrogen and oxygen atoms in total. The number of amides is 2. The first-order valence-corrected chi connectivity index (χ1v) is 11.8. The van der Waals surface area contributed by atoms with Crippen LogP contribution < -0.4 is 5.32 Å². The molecule has 0 atom stereocenters. The summed E-state index contributed by atoms with van der Waals surface area (Å²) in [6.07, 6.45) is 8.26. The molecule has 0 unspecified atom stereocenters. The van der Waals surface area contributed by atoms with Crippen molar-refractivity contribution in [1.29, 1.82) is 0 Å². The zero-order chi connectivity index (χ0) is 23.5. The molecule has 1 aliphatic rings. The highest BCUT2D eigenvalue weighted by Crippen LogP contribution is 2.30. The first-order valence-electron chi connectivity index (χ1n) is 11.8. The van der Waals surface area contributed by atoms with Gasteiger partial charge in [-0.25, -0.2) is 0 Å². The molecule has 172 valence electrons. The van der Waals surface area contributed by atoms with E-state index >= 15 is 0 Å². The second-order valence-electron chi connectivity index (χ2n) is 8.69. The van der Waals surface area contributed by atoms with E-state index in [-0.39, 0.29) is 17.9 Å². The zero-order valence-corrected chi connectivity index (χ0v) is 19.3. The highest BCUT2D eigenvalue weighted by atomic mass is 16.2. The number of piperidine rings is 1. The molecule has 5 rings (SSSR count). The Morgan fingerprint density at radius 2 is 1.82 bits per heavy atom. The van der Waals surface area contributed by atoms with E-state index < -0.39 is 0 Å². The lowest BCUT2D eigenvalue weighted by atomic mass is 10.0. The Morgan fingerprint density at radius 3 is 2.59 bits per heavy atom. The van der Waals surface area contributed by atoms with Gasteiger partial charge in [-0.05, 0) is 61.7 Å². The molecule has 0 saturated carbocycles. The zero-order valence-electron chi connectivity index (χ0n) is 19.3. The molecule has 2 amide bonds. The number of nitrogens with one attached hydrogen (secondary N) is 1. The Morgan fingerprint density at radius 1 is 1.03 bits per heavy atom. The van der Waals surface area contributed by atoms with Crippen LogP contribution in [-0.2, 0) is 11.3 Å². The van der Waals surface area contributed by atoms with Gasteiger partial charge in [0.25, 0.3) is 5.91 Å². The monoisotopic (exact) mass is 452 g/mol. The fourth-order valence-corrected chi connectivity index (χ4v) is 4.80. The molecule has 6 heteroatoms. The SMILES string of the molecule is CCn1c2ccccc2c2cc(/C=C/C(=O)N3CCC(NC(=O)c4cccnc4)CC3)ccc21. The van der Waals surface area contributed by atoms with Crippen molar-refractivity contribution in [1.82, 2.24) is 19.8 Å². The number of carbonyl (C=O) groups is 2. The molecule has 34 heavy (non-hydrogen) atoms. The van der Waals surface area contributed by atoms with E-state index in [1.54, 1.807) is 30.6 Å². The predicted molar refractivity (Wildman–Crippen MR) is 135 cm³/mol. The van der Waals surface area contributed by atoms with Crippen LogP contribution in [0.2, 0.25) is 0 Å². The van der Waals surface area contributed by atoms with Crippen LogP contribution in [0.25, 0.3) is 27.9 Å². The number of aromatic nitrogens is 2. The van der Waals surface area contributed by atoms with Crippen molar-refractivity contribution < 1.29 is 9.59 Å². The molecular formula is C28H28N4O2. The van der Waals surface area contributed by atoms with Crippen LogP contribution in [0.4, 0.5) is 0 Å². The van der Waals surface area contributed by atoms with Crippen LogP contribution in [-0.4, -0.2) is 45.4 Å². The van der Waals surface area contributed by atoms with Crippen molar-refractivity contribution in [2.45, 2.75) is 32.4 Å². The molecule has 2 aromatic heterocycles. The molecule has 1 aliphatic heterocycles. The summed E-state index contributed by atoms with van der Waals surface area (Å²) in [6.45, 7) is 4.33. The van der Waals surface area contributed by atoms with Gasteiger partial charge in [0.15, 0.2) is 0 Å². The lowest BCUT2D eigenvalue weighted by Crippen LogP contribution is -2.46. The number of benzene rings is 2. The molecule has 0 bridgehead atoms. The number of pyridine rings is 1. The van der Waals surface area contributed by atoms with Crippen LogP contribution in [0.15, 0.2) is 73.1 Å². The third-order valence-corrected chi connectivity index (χ3v) is 6.60. The van der Waals surface area contributed by atoms with Crippen molar-refractivity contribution >= 4 is 39.7 Å². The van der Waals surface area contributed by atoms with Gasteiger partial charge in [0.05, 0.1) is 5.56 Å². The summed E-state index contributed by atoms with van der Waals surface area (Å²) < 4.78 is 2.32. The third-order valence-electron chi connectivity index (χ3n) is 6.60. The maximum absolute atomic E-state index is 12.8. The van der Waals surface area contributed by atoms with Gasteiger partial charge >= 0.3 is 0 Å². The molecule has 1 saturated heterocycles. The van der Waals surface area contributed by atoms with Crippen LogP contribution in [0.1, 0.15) is 35.7 Å². The minimum Gasteiger partial charge on any atom is -0.349 e. The van der Waals surface area contributed by atoms with Gasteiger partial charge in [-0.2, -0.15) is 0 Å². The van der Waals surface area contributed by atoms with Gasteiger partial charge in [-0.1, -0.05) is 24.3 Å². The Balaban J connectivity index is 1.23. The topological polar surface area (TPSA) is 67.2 Å². The molecule has 0 aliphatic carbocycles. The first-order chi connectivity index (χ1) is 16.6. The van der Waals surface area contributed by atoms with Crippen molar-refractivity contribution in [2.75, 3.05) is 13.1 Å². The lowest BCUT2D eigenvalue weighted by molar-refractivity contribution is -0.126. The summed E-state index contributed by atoms with van der Waals surface area (Å²) in [5.74, 6) is -0.106. The Bertz CT molecular complexity index is 1370. The van der Waals surface area contributed by atoms with Crippen LogP contribution in [0.5, 0.6) is 0 Å². The van der Waals surface area contributed by atoms with Crippen LogP contribution in [0, 0.1) is 0 Å². The Hall–Kier alpha value is -3.93. The van der Waals surface area contributed by atoms with Crippen molar-refractivity contribution in [3.05, 3.63) is 84.2 Å². The van der Waals surface area contributed by atoms with Crippen molar-refractivity contribution in [2.24, 2.45) is 0 Å². The standard InChI is InChI=1S/C28H28N4O2/c1-2-32-25-8-4-3-7-23(25)24-18-20(9-11-26(24)32)10-12-27(33)31-16-13-22(14-17-31)30-28(34)21-6-5-15-29-19-21/h3-12,15,18-19,22H,2,13-14,16-17H2,1H3,(H,30,34)/b12-10+. The molecular weight excluding hydrogens is 424 g/mol. The van der Waals surface area contributed by atoms with E-state index in [2.05, 4.69) is 64.3 Å². The van der Waals surface area contributed by atoms with E-state index in [0.717, 1.165) is 24.9 Å². The number of fused-ring (bicyclic) bond motifs is 3. The first kappa shape index (κ1) is 21.9. The average molecular weight is 453 g/mol. The fourth-order valence-electron chi connectivity index (χ4n) is 4.80. The lowest BCUT2D eigenvalue weighted by Gasteiger charge is -2.31. The van der Waals surface area contributed by atoms with E-state index in [1.807, 2.05) is 11.0 Å².